The van der Waals surface area contributed by atoms with Crippen molar-refractivity contribution < 1.29 is 0 Å². The second-order valence-corrected chi connectivity index (χ2v) is 5.59. The molecule has 0 unspecified atom stereocenters. The van der Waals surface area contributed by atoms with Gasteiger partial charge in [0.1, 0.15) is 4.99 Å². The van der Waals surface area contributed by atoms with Crippen LogP contribution >= 0.6 is 35.6 Å². The summed E-state index contributed by atoms with van der Waals surface area (Å²) in [6.07, 6.45) is 0. The highest BCUT2D eigenvalue weighted by Gasteiger charge is 2.08. The molecule has 18 heavy (non-hydrogen) atoms. The lowest BCUT2D eigenvalue weighted by molar-refractivity contribution is 1.19. The largest absolute Gasteiger partial charge is 0.379 e. The average Bonchev–Trinajstić information content (AvgIpc) is 2.39. The summed E-state index contributed by atoms with van der Waals surface area (Å²) in [5.74, 6) is 0. The summed E-state index contributed by atoms with van der Waals surface area (Å²) in [6.45, 7) is 0. The number of benzene rings is 2. The third kappa shape index (κ3) is 3.25. The molecule has 2 aromatic rings. The van der Waals surface area contributed by atoms with Gasteiger partial charge in [-0.05, 0) is 30.3 Å². The van der Waals surface area contributed by atoms with Gasteiger partial charge in [0.15, 0.2) is 0 Å². The lowest BCUT2D eigenvalue weighted by atomic mass is 10.2. The van der Waals surface area contributed by atoms with Crippen molar-refractivity contribution in [1.82, 2.24) is 5.32 Å². The molecule has 2 aromatic carbocycles. The minimum absolute atomic E-state index is 0.719. The Morgan fingerprint density at radius 3 is 2.56 bits per heavy atom. The van der Waals surface area contributed by atoms with Crippen LogP contribution in [-0.4, -0.2) is 12.0 Å². The Bertz CT molecular complexity index is 555. The molecule has 0 radical (unpaired) electrons. The highest BCUT2D eigenvalue weighted by atomic mass is 35.5. The molecular weight excluding hydrogens is 282 g/mol. The molecule has 0 fully saturated rings. The van der Waals surface area contributed by atoms with E-state index in [1.807, 2.05) is 43.4 Å². The first kappa shape index (κ1) is 13.4. The molecule has 0 heterocycles. The van der Waals surface area contributed by atoms with Crippen LogP contribution in [0, 0.1) is 0 Å². The molecule has 0 aliphatic heterocycles. The van der Waals surface area contributed by atoms with Crippen LogP contribution < -0.4 is 5.32 Å². The maximum atomic E-state index is 6.05. The zero-order valence-electron chi connectivity index (χ0n) is 9.81. The Morgan fingerprint density at radius 1 is 1.17 bits per heavy atom. The third-order valence-corrected chi connectivity index (χ3v) is 4.11. The van der Waals surface area contributed by atoms with Crippen LogP contribution in [0.25, 0.3) is 0 Å². The molecule has 0 aliphatic carbocycles. The van der Waals surface area contributed by atoms with E-state index in [0.29, 0.717) is 0 Å². The van der Waals surface area contributed by atoms with E-state index < -0.39 is 0 Å². The van der Waals surface area contributed by atoms with Gasteiger partial charge in [0.05, 0.1) is 0 Å². The van der Waals surface area contributed by atoms with Gasteiger partial charge in [-0.1, -0.05) is 53.8 Å². The molecule has 0 saturated heterocycles. The predicted octanol–water partition coefficient (Wildman–Crippen LogP) is 4.39. The highest BCUT2D eigenvalue weighted by molar-refractivity contribution is 7.99. The van der Waals surface area contributed by atoms with E-state index in [1.54, 1.807) is 11.8 Å². The van der Waals surface area contributed by atoms with Gasteiger partial charge in [0.2, 0.25) is 0 Å². The molecule has 92 valence electrons. The molecule has 1 N–H and O–H groups in total. The highest BCUT2D eigenvalue weighted by Crippen LogP contribution is 2.32. The monoisotopic (exact) mass is 293 g/mol. The fourth-order valence-corrected chi connectivity index (χ4v) is 3.01. The van der Waals surface area contributed by atoms with Crippen molar-refractivity contribution >= 4 is 40.6 Å². The van der Waals surface area contributed by atoms with Gasteiger partial charge >= 0.3 is 0 Å². The molecular formula is C14H12ClNS2. The van der Waals surface area contributed by atoms with E-state index >= 15 is 0 Å². The molecule has 0 aliphatic rings. The number of nitrogens with one attached hydrogen (secondary N) is 1. The first-order chi connectivity index (χ1) is 8.70. The zero-order valence-corrected chi connectivity index (χ0v) is 12.2. The van der Waals surface area contributed by atoms with Crippen molar-refractivity contribution in [2.45, 2.75) is 9.79 Å². The van der Waals surface area contributed by atoms with E-state index in [9.17, 15) is 0 Å². The van der Waals surface area contributed by atoms with Crippen molar-refractivity contribution in [3.63, 3.8) is 0 Å². The van der Waals surface area contributed by atoms with E-state index in [-0.39, 0.29) is 0 Å². The number of halogens is 1. The van der Waals surface area contributed by atoms with E-state index in [0.717, 1.165) is 20.5 Å². The molecule has 0 amide bonds. The zero-order chi connectivity index (χ0) is 13.0. The number of thiocarbonyl (C=S) groups is 1. The summed E-state index contributed by atoms with van der Waals surface area (Å²) in [7, 11) is 1.83. The van der Waals surface area contributed by atoms with E-state index in [4.69, 9.17) is 23.8 Å². The predicted molar refractivity (Wildman–Crippen MR) is 82.8 cm³/mol. The van der Waals surface area contributed by atoms with Crippen LogP contribution in [0.3, 0.4) is 0 Å². The Kier molecular flexibility index (Phi) is 4.64. The van der Waals surface area contributed by atoms with Crippen molar-refractivity contribution in [2.75, 3.05) is 7.05 Å². The van der Waals surface area contributed by atoms with Crippen LogP contribution in [-0.2, 0) is 0 Å². The van der Waals surface area contributed by atoms with Crippen molar-refractivity contribution in [3.05, 3.63) is 59.1 Å². The van der Waals surface area contributed by atoms with Gasteiger partial charge in [0, 0.05) is 27.4 Å². The Labute approximate surface area is 122 Å². The summed E-state index contributed by atoms with van der Waals surface area (Å²) in [5, 5.41) is 3.72. The standard InChI is InChI=1S/C14H12ClNS2/c1-16-14(17)12-8-7-10(15)9-13(12)18-11-5-3-2-4-6-11/h2-9H,1H3,(H,16,17). The van der Waals surface area contributed by atoms with Crippen LogP contribution in [0.4, 0.5) is 0 Å². The molecule has 0 atom stereocenters. The molecule has 1 nitrogen and oxygen atoms in total. The van der Waals surface area contributed by atoms with Crippen LogP contribution in [0.2, 0.25) is 5.02 Å². The Hall–Kier alpha value is -1.03. The number of hydrogen-bond acceptors (Lipinski definition) is 2. The SMILES string of the molecule is CNC(=S)c1ccc(Cl)cc1Sc1ccccc1. The fourth-order valence-electron chi connectivity index (χ4n) is 1.52. The Morgan fingerprint density at radius 2 is 1.89 bits per heavy atom. The second-order valence-electron chi connectivity index (χ2n) is 3.63. The van der Waals surface area contributed by atoms with E-state index in [2.05, 4.69) is 17.4 Å². The second kappa shape index (κ2) is 6.23. The van der Waals surface area contributed by atoms with Gasteiger partial charge < -0.3 is 5.32 Å². The lowest BCUT2D eigenvalue weighted by Gasteiger charge is -2.10. The van der Waals surface area contributed by atoms with Crippen LogP contribution in [0.15, 0.2) is 58.3 Å². The van der Waals surface area contributed by atoms with Crippen LogP contribution in [0.1, 0.15) is 5.56 Å². The lowest BCUT2D eigenvalue weighted by Crippen LogP contribution is -2.17. The van der Waals surface area contributed by atoms with Crippen molar-refractivity contribution in [2.24, 2.45) is 0 Å². The van der Waals surface area contributed by atoms with Crippen molar-refractivity contribution in [3.8, 4) is 0 Å². The van der Waals surface area contributed by atoms with Gasteiger partial charge in [0.25, 0.3) is 0 Å². The third-order valence-electron chi connectivity index (χ3n) is 2.39. The molecule has 0 spiro atoms. The fraction of sp³-hybridized carbons (Fsp3) is 0.0714. The molecule has 0 aromatic heterocycles. The first-order valence-corrected chi connectivity index (χ1v) is 7.05. The maximum Gasteiger partial charge on any atom is 0.107 e. The molecule has 0 bridgehead atoms. The molecule has 4 heteroatoms. The van der Waals surface area contributed by atoms with Gasteiger partial charge in [-0.25, -0.2) is 0 Å². The van der Waals surface area contributed by atoms with Crippen molar-refractivity contribution in [1.29, 1.82) is 0 Å². The summed E-state index contributed by atoms with van der Waals surface area (Å²) in [4.78, 5) is 2.96. The molecule has 0 saturated carbocycles. The number of hydrogen-bond donors (Lipinski definition) is 1. The minimum atomic E-state index is 0.719. The van der Waals surface area contributed by atoms with Gasteiger partial charge in [-0.15, -0.1) is 0 Å². The molecule has 2 rings (SSSR count). The number of rotatable bonds is 3. The van der Waals surface area contributed by atoms with Crippen LogP contribution in [0.5, 0.6) is 0 Å². The Balaban J connectivity index is 2.36. The topological polar surface area (TPSA) is 12.0 Å². The quantitative estimate of drug-likeness (QED) is 0.843. The average molecular weight is 294 g/mol. The summed E-state index contributed by atoms with van der Waals surface area (Å²) < 4.78 is 0. The summed E-state index contributed by atoms with van der Waals surface area (Å²) in [6, 6.07) is 15.9. The van der Waals surface area contributed by atoms with E-state index in [1.165, 1.54) is 4.90 Å². The normalized spacial score (nSPS) is 10.1. The summed E-state index contributed by atoms with van der Waals surface area (Å²) >= 11 is 13.0. The summed E-state index contributed by atoms with van der Waals surface area (Å²) in [5.41, 5.74) is 1.01. The van der Waals surface area contributed by atoms with Gasteiger partial charge in [-0.3, -0.25) is 0 Å². The maximum absolute atomic E-state index is 6.05. The minimum Gasteiger partial charge on any atom is -0.379 e. The smallest absolute Gasteiger partial charge is 0.107 e. The van der Waals surface area contributed by atoms with Gasteiger partial charge in [-0.2, -0.15) is 0 Å². The first-order valence-electron chi connectivity index (χ1n) is 5.45.